The molecule has 0 amide bonds. The number of benzene rings is 2. The van der Waals surface area contributed by atoms with Crippen molar-refractivity contribution >= 4 is 0 Å². The number of aryl methyl sites for hydroxylation is 1. The minimum absolute atomic E-state index is 0.0810. The van der Waals surface area contributed by atoms with Crippen molar-refractivity contribution < 1.29 is 19.3 Å². The number of para-hydroxylation sites is 1. The van der Waals surface area contributed by atoms with Crippen LogP contribution in [0.4, 0.5) is 0 Å². The Morgan fingerprint density at radius 2 is 1.63 bits per heavy atom. The van der Waals surface area contributed by atoms with Crippen molar-refractivity contribution in [1.29, 1.82) is 0 Å². The fraction of sp³-hybridized carbons (Fsp3) is 0.464. The number of aromatic nitrogens is 2. The van der Waals surface area contributed by atoms with Crippen LogP contribution < -0.4 is 9.47 Å². The molecule has 0 spiro atoms. The maximum absolute atomic E-state index is 10.6. The summed E-state index contributed by atoms with van der Waals surface area (Å²) in [7, 11) is 1.65. The van der Waals surface area contributed by atoms with Gasteiger partial charge in [0, 0.05) is 19.1 Å². The molecule has 1 atom stereocenters. The molecule has 0 fully saturated rings. The van der Waals surface area contributed by atoms with E-state index >= 15 is 0 Å². The summed E-state index contributed by atoms with van der Waals surface area (Å²) in [6, 6.07) is 17.8. The summed E-state index contributed by atoms with van der Waals surface area (Å²) < 4.78 is 19.3. The highest BCUT2D eigenvalue weighted by atomic mass is 16.5. The van der Waals surface area contributed by atoms with Crippen LogP contribution >= 0.6 is 0 Å². The van der Waals surface area contributed by atoms with E-state index in [0.717, 1.165) is 29.1 Å². The Balaban J connectivity index is 1.98. The Labute approximate surface area is 209 Å². The molecule has 7 heteroatoms. The molecule has 35 heavy (non-hydrogen) atoms. The van der Waals surface area contributed by atoms with Crippen LogP contribution in [0.15, 0.2) is 54.6 Å². The second kappa shape index (κ2) is 12.7. The van der Waals surface area contributed by atoms with Crippen molar-refractivity contribution in [2.75, 3.05) is 20.3 Å². The third kappa shape index (κ3) is 7.31. The molecular formula is C28H39N3O4. The van der Waals surface area contributed by atoms with Crippen LogP contribution in [-0.4, -0.2) is 58.3 Å². The van der Waals surface area contributed by atoms with Gasteiger partial charge in [-0.3, -0.25) is 4.90 Å². The zero-order chi connectivity index (χ0) is 25.4. The fourth-order valence-corrected chi connectivity index (χ4v) is 3.81. The van der Waals surface area contributed by atoms with E-state index in [2.05, 4.69) is 25.7 Å². The van der Waals surface area contributed by atoms with E-state index in [0.29, 0.717) is 31.3 Å². The van der Waals surface area contributed by atoms with E-state index in [1.165, 1.54) is 0 Å². The number of rotatable bonds is 13. The molecule has 0 bridgehead atoms. The van der Waals surface area contributed by atoms with Crippen molar-refractivity contribution in [2.24, 2.45) is 0 Å². The molecular weight excluding hydrogens is 442 g/mol. The van der Waals surface area contributed by atoms with E-state index in [1.54, 1.807) is 7.11 Å². The van der Waals surface area contributed by atoms with Gasteiger partial charge >= 0.3 is 0 Å². The lowest BCUT2D eigenvalue weighted by Gasteiger charge is -2.29. The smallest absolute Gasteiger partial charge is 0.227 e. The van der Waals surface area contributed by atoms with Gasteiger partial charge < -0.3 is 19.3 Å². The van der Waals surface area contributed by atoms with Gasteiger partial charge in [-0.15, -0.1) is 0 Å². The molecule has 1 N–H and O–H groups in total. The van der Waals surface area contributed by atoms with Crippen molar-refractivity contribution in [1.82, 2.24) is 14.7 Å². The molecule has 0 saturated carbocycles. The first-order valence-electron chi connectivity index (χ1n) is 12.3. The summed E-state index contributed by atoms with van der Waals surface area (Å²) in [4.78, 5) is 2.24. The van der Waals surface area contributed by atoms with Crippen LogP contribution in [0.25, 0.3) is 5.69 Å². The monoisotopic (exact) mass is 481 g/mol. The van der Waals surface area contributed by atoms with Gasteiger partial charge in [0.1, 0.15) is 11.5 Å². The highest BCUT2D eigenvalue weighted by molar-refractivity contribution is 5.44. The third-order valence-corrected chi connectivity index (χ3v) is 5.79. The normalized spacial score (nSPS) is 12.5. The number of hydrogen-bond donors (Lipinski definition) is 1. The van der Waals surface area contributed by atoms with E-state index in [-0.39, 0.29) is 12.1 Å². The molecule has 0 saturated heterocycles. The van der Waals surface area contributed by atoms with Gasteiger partial charge in [0.2, 0.25) is 5.88 Å². The molecule has 0 aliphatic rings. The molecule has 0 unspecified atom stereocenters. The molecule has 190 valence electrons. The van der Waals surface area contributed by atoms with Crippen LogP contribution in [0.5, 0.6) is 17.4 Å². The molecule has 1 heterocycles. The van der Waals surface area contributed by atoms with Crippen LogP contribution in [0.1, 0.15) is 45.9 Å². The number of hydrogen-bond acceptors (Lipinski definition) is 6. The van der Waals surface area contributed by atoms with Crippen LogP contribution in [0.3, 0.4) is 0 Å². The Bertz CT molecular complexity index is 1030. The number of nitrogens with zero attached hydrogens (tertiary/aromatic N) is 3. The summed E-state index contributed by atoms with van der Waals surface area (Å²) in [6.07, 6.45) is 0.261. The molecule has 3 rings (SSSR count). The predicted octanol–water partition coefficient (Wildman–Crippen LogP) is 5.23. The van der Waals surface area contributed by atoms with Crippen LogP contribution in [0, 0.1) is 0 Å². The van der Waals surface area contributed by atoms with Crippen molar-refractivity contribution in [3.63, 3.8) is 0 Å². The van der Waals surface area contributed by atoms with Gasteiger partial charge in [-0.05, 0) is 70.5 Å². The fourth-order valence-electron chi connectivity index (χ4n) is 3.81. The molecule has 0 aliphatic carbocycles. The maximum atomic E-state index is 10.6. The standard InChI is InChI=1S/C28H39N3O4/c1-7-27-26(18-30(20(2)3)17-23(32)19-34-21(4)5)28(31(29-27)22-11-9-8-10-12-22)35-25-15-13-24(33-6)14-16-25/h8-16,20-21,23,32H,7,17-19H2,1-6H3/t23-/m0/s1. The van der Waals surface area contributed by atoms with E-state index in [1.807, 2.05) is 73.1 Å². The Kier molecular flexibility index (Phi) is 9.72. The molecule has 0 radical (unpaired) electrons. The number of aliphatic hydroxyl groups excluding tert-OH is 1. The van der Waals surface area contributed by atoms with Gasteiger partial charge in [-0.25, -0.2) is 4.68 Å². The Morgan fingerprint density at radius 3 is 2.20 bits per heavy atom. The minimum atomic E-state index is -0.583. The molecule has 2 aromatic carbocycles. The first kappa shape index (κ1) is 26.7. The number of aliphatic hydroxyl groups is 1. The van der Waals surface area contributed by atoms with E-state index < -0.39 is 6.10 Å². The summed E-state index contributed by atoms with van der Waals surface area (Å²) >= 11 is 0. The molecule has 0 aliphatic heterocycles. The third-order valence-electron chi connectivity index (χ3n) is 5.79. The van der Waals surface area contributed by atoms with E-state index in [9.17, 15) is 5.11 Å². The van der Waals surface area contributed by atoms with Crippen LogP contribution in [-0.2, 0) is 17.7 Å². The van der Waals surface area contributed by atoms with Crippen LogP contribution in [0.2, 0.25) is 0 Å². The maximum Gasteiger partial charge on any atom is 0.227 e. The largest absolute Gasteiger partial charge is 0.497 e. The number of methoxy groups -OCH3 is 1. The summed E-state index contributed by atoms with van der Waals surface area (Å²) in [5.41, 5.74) is 2.91. The summed E-state index contributed by atoms with van der Waals surface area (Å²) in [5.74, 6) is 2.15. The second-order valence-electron chi connectivity index (χ2n) is 9.17. The first-order chi connectivity index (χ1) is 16.8. The van der Waals surface area contributed by atoms with Gasteiger partial charge in [0.25, 0.3) is 0 Å². The zero-order valence-electron chi connectivity index (χ0n) is 21.8. The highest BCUT2D eigenvalue weighted by Gasteiger charge is 2.25. The highest BCUT2D eigenvalue weighted by Crippen LogP contribution is 2.33. The molecule has 7 nitrogen and oxygen atoms in total. The van der Waals surface area contributed by atoms with Crippen molar-refractivity contribution in [2.45, 2.75) is 65.8 Å². The topological polar surface area (TPSA) is 69.0 Å². The van der Waals surface area contributed by atoms with Crippen molar-refractivity contribution in [3.05, 3.63) is 65.9 Å². The lowest BCUT2D eigenvalue weighted by molar-refractivity contribution is -0.0137. The minimum Gasteiger partial charge on any atom is -0.497 e. The Hall–Kier alpha value is -2.87. The molecule has 1 aromatic heterocycles. The average Bonchev–Trinajstić information content (AvgIpc) is 3.20. The van der Waals surface area contributed by atoms with Gasteiger partial charge in [0.15, 0.2) is 0 Å². The van der Waals surface area contributed by atoms with Gasteiger partial charge in [-0.2, -0.15) is 5.10 Å². The number of ether oxygens (including phenoxy) is 3. The lowest BCUT2D eigenvalue weighted by Crippen LogP contribution is -2.39. The lowest BCUT2D eigenvalue weighted by atomic mass is 10.1. The second-order valence-corrected chi connectivity index (χ2v) is 9.17. The predicted molar refractivity (Wildman–Crippen MR) is 139 cm³/mol. The average molecular weight is 482 g/mol. The van der Waals surface area contributed by atoms with Gasteiger partial charge in [0.05, 0.1) is 42.9 Å². The quantitative estimate of drug-likeness (QED) is 0.360. The SMILES string of the molecule is CCc1nn(-c2ccccc2)c(Oc2ccc(OC)cc2)c1CN(C[C@H](O)COC(C)C)C(C)C. The summed E-state index contributed by atoms with van der Waals surface area (Å²) in [6.45, 7) is 11.7. The van der Waals surface area contributed by atoms with Gasteiger partial charge in [-0.1, -0.05) is 25.1 Å². The first-order valence-corrected chi connectivity index (χ1v) is 12.3. The van der Waals surface area contributed by atoms with Crippen molar-refractivity contribution in [3.8, 4) is 23.1 Å². The van der Waals surface area contributed by atoms with E-state index in [4.69, 9.17) is 19.3 Å². The Morgan fingerprint density at radius 1 is 0.971 bits per heavy atom. The summed E-state index contributed by atoms with van der Waals surface area (Å²) in [5, 5.41) is 15.6. The molecule has 3 aromatic rings. The zero-order valence-corrected chi connectivity index (χ0v) is 21.8.